The Morgan fingerprint density at radius 3 is 2.56 bits per heavy atom. The van der Waals surface area contributed by atoms with Crippen LogP contribution in [0.4, 0.5) is 0 Å². The molecular weight excluding hydrogens is 204 g/mol. The molecule has 16 heavy (non-hydrogen) atoms. The van der Waals surface area contributed by atoms with Gasteiger partial charge in [0.15, 0.2) is 0 Å². The average Bonchev–Trinajstić information content (AvgIpc) is 2.35. The first kappa shape index (κ1) is 12.7. The van der Waals surface area contributed by atoms with Gasteiger partial charge in [0.1, 0.15) is 6.04 Å². The zero-order valence-electron chi connectivity index (χ0n) is 9.39. The number of hydrogen-bond acceptors (Lipinski definition) is 3. The Kier molecular flexibility index (Phi) is 4.95. The number of carbonyl (C=O) groups excluding carboxylic acids is 1. The van der Waals surface area contributed by atoms with Crippen molar-refractivity contribution in [2.24, 2.45) is 5.73 Å². The fourth-order valence-corrected chi connectivity index (χ4v) is 1.38. The zero-order chi connectivity index (χ0) is 12.0. The van der Waals surface area contributed by atoms with E-state index in [1.54, 1.807) is 0 Å². The van der Waals surface area contributed by atoms with Gasteiger partial charge < -0.3 is 16.2 Å². The van der Waals surface area contributed by atoms with Crippen molar-refractivity contribution < 1.29 is 9.90 Å². The molecule has 1 amide bonds. The summed E-state index contributed by atoms with van der Waals surface area (Å²) in [6, 6.07) is 8.27. The number of benzene rings is 1. The Bertz CT molecular complexity index is 323. The van der Waals surface area contributed by atoms with E-state index in [4.69, 9.17) is 10.8 Å². The Morgan fingerprint density at radius 2 is 2.06 bits per heavy atom. The SMILES string of the molecule is CCC(CO)NC(=O)[C@@H](N)c1ccccc1. The van der Waals surface area contributed by atoms with Crippen molar-refractivity contribution in [2.45, 2.75) is 25.4 Å². The Hall–Kier alpha value is -1.39. The molecule has 0 aliphatic carbocycles. The molecule has 0 aromatic heterocycles. The van der Waals surface area contributed by atoms with Crippen LogP contribution in [0.25, 0.3) is 0 Å². The number of carbonyl (C=O) groups is 1. The molecule has 2 atom stereocenters. The van der Waals surface area contributed by atoms with Gasteiger partial charge in [-0.15, -0.1) is 0 Å². The highest BCUT2D eigenvalue weighted by molar-refractivity contribution is 5.83. The van der Waals surface area contributed by atoms with Crippen LogP contribution in [0, 0.1) is 0 Å². The van der Waals surface area contributed by atoms with Crippen molar-refractivity contribution in [3.8, 4) is 0 Å². The van der Waals surface area contributed by atoms with Crippen molar-refractivity contribution in [1.82, 2.24) is 5.32 Å². The molecule has 1 aromatic rings. The lowest BCUT2D eigenvalue weighted by Crippen LogP contribution is -2.42. The second kappa shape index (κ2) is 6.25. The van der Waals surface area contributed by atoms with Gasteiger partial charge in [0.2, 0.25) is 5.91 Å². The zero-order valence-corrected chi connectivity index (χ0v) is 9.39. The average molecular weight is 222 g/mol. The van der Waals surface area contributed by atoms with E-state index in [-0.39, 0.29) is 18.6 Å². The Morgan fingerprint density at radius 1 is 1.44 bits per heavy atom. The molecule has 4 N–H and O–H groups in total. The van der Waals surface area contributed by atoms with Gasteiger partial charge in [-0.3, -0.25) is 4.79 Å². The van der Waals surface area contributed by atoms with Gasteiger partial charge in [0, 0.05) is 0 Å². The Balaban J connectivity index is 2.61. The van der Waals surface area contributed by atoms with Crippen LogP contribution in [-0.4, -0.2) is 23.7 Å². The monoisotopic (exact) mass is 222 g/mol. The van der Waals surface area contributed by atoms with E-state index in [1.807, 2.05) is 37.3 Å². The maximum Gasteiger partial charge on any atom is 0.241 e. The molecule has 4 nitrogen and oxygen atoms in total. The van der Waals surface area contributed by atoms with Crippen LogP contribution in [0.1, 0.15) is 24.9 Å². The lowest BCUT2D eigenvalue weighted by molar-refractivity contribution is -0.123. The highest BCUT2D eigenvalue weighted by Crippen LogP contribution is 2.09. The third kappa shape index (κ3) is 3.32. The summed E-state index contributed by atoms with van der Waals surface area (Å²) in [6.45, 7) is 1.83. The summed E-state index contributed by atoms with van der Waals surface area (Å²) in [4.78, 5) is 11.7. The van der Waals surface area contributed by atoms with Gasteiger partial charge >= 0.3 is 0 Å². The summed E-state index contributed by atoms with van der Waals surface area (Å²) in [5, 5.41) is 11.7. The molecule has 0 aliphatic heterocycles. The maximum absolute atomic E-state index is 11.7. The lowest BCUT2D eigenvalue weighted by atomic mass is 10.1. The van der Waals surface area contributed by atoms with E-state index in [0.29, 0.717) is 6.42 Å². The number of nitrogens with two attached hydrogens (primary N) is 1. The minimum absolute atomic E-state index is 0.0657. The summed E-state index contributed by atoms with van der Waals surface area (Å²) in [6.07, 6.45) is 0.684. The van der Waals surface area contributed by atoms with Crippen molar-refractivity contribution in [3.05, 3.63) is 35.9 Å². The normalized spacial score (nSPS) is 14.2. The minimum Gasteiger partial charge on any atom is -0.394 e. The smallest absolute Gasteiger partial charge is 0.241 e. The molecule has 1 rings (SSSR count). The highest BCUT2D eigenvalue weighted by Gasteiger charge is 2.17. The molecule has 0 heterocycles. The Labute approximate surface area is 95.5 Å². The highest BCUT2D eigenvalue weighted by atomic mass is 16.3. The standard InChI is InChI=1S/C12H18N2O2/c1-2-10(8-15)14-12(16)11(13)9-6-4-3-5-7-9/h3-7,10-11,15H,2,8,13H2,1H3,(H,14,16)/t10?,11-/m0/s1. The van der Waals surface area contributed by atoms with Crippen LogP contribution in [0.5, 0.6) is 0 Å². The van der Waals surface area contributed by atoms with E-state index in [9.17, 15) is 4.79 Å². The van der Waals surface area contributed by atoms with Crippen LogP contribution in [0.3, 0.4) is 0 Å². The first-order valence-corrected chi connectivity index (χ1v) is 5.40. The lowest BCUT2D eigenvalue weighted by Gasteiger charge is -2.17. The fraction of sp³-hybridized carbons (Fsp3) is 0.417. The molecule has 4 heteroatoms. The van der Waals surface area contributed by atoms with Gasteiger partial charge in [0.25, 0.3) is 0 Å². The minimum atomic E-state index is -0.679. The van der Waals surface area contributed by atoms with Crippen molar-refractivity contribution in [3.63, 3.8) is 0 Å². The van der Waals surface area contributed by atoms with E-state index in [0.717, 1.165) is 5.56 Å². The van der Waals surface area contributed by atoms with Gasteiger partial charge in [-0.05, 0) is 12.0 Å². The fourth-order valence-electron chi connectivity index (χ4n) is 1.38. The van der Waals surface area contributed by atoms with E-state index >= 15 is 0 Å². The number of nitrogens with one attached hydrogen (secondary N) is 1. The predicted molar refractivity (Wildman–Crippen MR) is 62.7 cm³/mol. The van der Waals surface area contributed by atoms with Crippen molar-refractivity contribution in [2.75, 3.05) is 6.61 Å². The molecule has 88 valence electrons. The predicted octanol–water partition coefficient (Wildman–Crippen LogP) is 0.573. The number of hydrogen-bond donors (Lipinski definition) is 3. The molecule has 0 radical (unpaired) electrons. The first-order chi connectivity index (χ1) is 7.69. The number of aliphatic hydroxyl groups is 1. The summed E-state index contributed by atoms with van der Waals surface area (Å²) in [7, 11) is 0. The van der Waals surface area contributed by atoms with Gasteiger partial charge in [-0.25, -0.2) is 0 Å². The van der Waals surface area contributed by atoms with Crippen LogP contribution in [0.2, 0.25) is 0 Å². The second-order valence-corrected chi connectivity index (χ2v) is 3.68. The van der Waals surface area contributed by atoms with Gasteiger partial charge in [0.05, 0.1) is 12.6 Å². The summed E-state index contributed by atoms with van der Waals surface area (Å²) >= 11 is 0. The van der Waals surface area contributed by atoms with Crippen LogP contribution in [-0.2, 0) is 4.79 Å². The summed E-state index contributed by atoms with van der Waals surface area (Å²) < 4.78 is 0. The molecule has 0 fully saturated rings. The molecule has 0 spiro atoms. The second-order valence-electron chi connectivity index (χ2n) is 3.68. The molecule has 1 aromatic carbocycles. The number of aliphatic hydroxyl groups excluding tert-OH is 1. The largest absolute Gasteiger partial charge is 0.394 e. The van der Waals surface area contributed by atoms with E-state index < -0.39 is 6.04 Å². The van der Waals surface area contributed by atoms with Crippen molar-refractivity contribution >= 4 is 5.91 Å². The third-order valence-corrected chi connectivity index (χ3v) is 2.50. The van der Waals surface area contributed by atoms with E-state index in [1.165, 1.54) is 0 Å². The summed E-state index contributed by atoms with van der Waals surface area (Å²) in [5.74, 6) is -0.257. The quantitative estimate of drug-likeness (QED) is 0.682. The van der Waals surface area contributed by atoms with Gasteiger partial charge in [-0.1, -0.05) is 37.3 Å². The van der Waals surface area contributed by atoms with Crippen LogP contribution in [0.15, 0.2) is 30.3 Å². The van der Waals surface area contributed by atoms with E-state index in [2.05, 4.69) is 5.32 Å². The molecule has 0 saturated carbocycles. The topological polar surface area (TPSA) is 75.3 Å². The molecule has 0 aliphatic rings. The summed E-state index contributed by atoms with van der Waals surface area (Å²) in [5.41, 5.74) is 6.57. The molecule has 0 saturated heterocycles. The third-order valence-electron chi connectivity index (χ3n) is 2.50. The van der Waals surface area contributed by atoms with Gasteiger partial charge in [-0.2, -0.15) is 0 Å². The number of rotatable bonds is 5. The van der Waals surface area contributed by atoms with Crippen LogP contribution < -0.4 is 11.1 Å². The maximum atomic E-state index is 11.7. The van der Waals surface area contributed by atoms with Crippen LogP contribution >= 0.6 is 0 Å². The first-order valence-electron chi connectivity index (χ1n) is 5.40. The van der Waals surface area contributed by atoms with Crippen molar-refractivity contribution in [1.29, 1.82) is 0 Å². The molecule has 1 unspecified atom stereocenters. The number of amides is 1. The molecular formula is C12H18N2O2. The molecule has 0 bridgehead atoms.